The Morgan fingerprint density at radius 3 is 2.35 bits per heavy atom. The van der Waals surface area contributed by atoms with Crippen LogP contribution in [-0.2, 0) is 14.3 Å². The average Bonchev–Trinajstić information content (AvgIpc) is 2.14. The molecule has 0 fully saturated rings. The molecule has 4 nitrogen and oxygen atoms in total. The van der Waals surface area contributed by atoms with Crippen LogP contribution >= 0.6 is 0 Å². The number of ether oxygens (including phenoxy) is 1. The fourth-order valence-electron chi connectivity index (χ4n) is 0.869. The van der Waals surface area contributed by atoms with Crippen LogP contribution in [0, 0.1) is 17.3 Å². The zero-order valence-corrected chi connectivity index (χ0v) is 11.0. The first-order chi connectivity index (χ1) is 7.76. The fraction of sp³-hybridized carbons (Fsp3) is 0.538. The summed E-state index contributed by atoms with van der Waals surface area (Å²) in [5.41, 5.74) is -0.0944. The van der Waals surface area contributed by atoms with E-state index in [9.17, 15) is 9.59 Å². The molecule has 0 saturated carbocycles. The van der Waals surface area contributed by atoms with Crippen molar-refractivity contribution in [3.05, 3.63) is 11.8 Å². The Balaban J connectivity index is 4.90. The van der Waals surface area contributed by atoms with Gasteiger partial charge in [0.25, 0.3) is 0 Å². The van der Waals surface area contributed by atoms with Gasteiger partial charge in [-0.1, -0.05) is 11.8 Å². The van der Waals surface area contributed by atoms with Crippen molar-refractivity contribution in [3.63, 3.8) is 0 Å². The molecule has 0 saturated heterocycles. The normalized spacial score (nSPS) is 11.2. The lowest BCUT2D eigenvalue weighted by Gasteiger charge is -2.07. The van der Waals surface area contributed by atoms with Crippen LogP contribution in [0.5, 0.6) is 0 Å². The quantitative estimate of drug-likeness (QED) is 0.461. The van der Waals surface area contributed by atoms with E-state index in [0.29, 0.717) is 0 Å². The molecule has 94 valence electrons. The predicted molar refractivity (Wildman–Crippen MR) is 65.8 cm³/mol. The lowest BCUT2D eigenvalue weighted by atomic mass is 9.98. The summed E-state index contributed by atoms with van der Waals surface area (Å²) in [6.07, 6.45) is 1.37. The summed E-state index contributed by atoms with van der Waals surface area (Å²) < 4.78 is 4.80. The molecule has 0 aliphatic rings. The number of hydrogen-bond acceptors (Lipinski definition) is 3. The van der Waals surface area contributed by atoms with Gasteiger partial charge in [0.05, 0.1) is 6.61 Å². The molecule has 1 amide bonds. The molecule has 0 bridgehead atoms. The number of allylic oxidation sites excluding steroid dienone is 1. The Morgan fingerprint density at radius 1 is 1.35 bits per heavy atom. The molecular formula is C13H19NO3. The second kappa shape index (κ2) is 6.74. The third-order valence-corrected chi connectivity index (χ3v) is 1.47. The van der Waals surface area contributed by atoms with Crippen LogP contribution in [0.3, 0.4) is 0 Å². The molecule has 0 unspecified atom stereocenters. The van der Waals surface area contributed by atoms with Gasteiger partial charge in [-0.15, -0.1) is 0 Å². The molecule has 4 heteroatoms. The number of rotatable bonds is 3. The van der Waals surface area contributed by atoms with Crippen molar-refractivity contribution in [1.82, 2.24) is 5.32 Å². The second-order valence-electron chi connectivity index (χ2n) is 4.48. The monoisotopic (exact) mass is 237 g/mol. The zero-order valence-electron chi connectivity index (χ0n) is 11.0. The van der Waals surface area contributed by atoms with E-state index in [0.717, 1.165) is 0 Å². The number of hydrogen-bond donors (Lipinski definition) is 1. The van der Waals surface area contributed by atoms with Crippen LogP contribution < -0.4 is 5.32 Å². The van der Waals surface area contributed by atoms with E-state index in [-0.39, 0.29) is 23.6 Å². The Morgan fingerprint density at radius 2 is 1.94 bits per heavy atom. The van der Waals surface area contributed by atoms with E-state index in [1.807, 2.05) is 20.8 Å². The molecule has 0 aliphatic heterocycles. The smallest absolute Gasteiger partial charge is 0.355 e. The van der Waals surface area contributed by atoms with Gasteiger partial charge in [-0.25, -0.2) is 4.79 Å². The van der Waals surface area contributed by atoms with Crippen molar-refractivity contribution in [2.45, 2.75) is 34.6 Å². The summed E-state index contributed by atoms with van der Waals surface area (Å²) in [4.78, 5) is 22.4. The SMILES string of the molecule is CCOC(=O)C(=CC#CC(C)(C)C)NC(C)=O. The maximum Gasteiger partial charge on any atom is 0.355 e. The minimum absolute atomic E-state index is 0.0658. The largest absolute Gasteiger partial charge is 0.461 e. The Hall–Kier alpha value is -1.76. The minimum atomic E-state index is -0.578. The number of carbonyl (C=O) groups is 2. The van der Waals surface area contributed by atoms with Gasteiger partial charge in [-0.2, -0.15) is 0 Å². The first-order valence-electron chi connectivity index (χ1n) is 5.44. The lowest BCUT2D eigenvalue weighted by Crippen LogP contribution is -2.26. The third-order valence-electron chi connectivity index (χ3n) is 1.47. The molecule has 0 radical (unpaired) electrons. The standard InChI is InChI=1S/C13H19NO3/c1-6-17-12(16)11(14-10(2)15)8-7-9-13(3,4)5/h8H,6H2,1-5H3,(H,14,15). The van der Waals surface area contributed by atoms with Crippen LogP contribution in [0.15, 0.2) is 11.8 Å². The highest BCUT2D eigenvalue weighted by Crippen LogP contribution is 2.09. The first kappa shape index (κ1) is 15.2. The Labute approximate surface area is 102 Å². The van der Waals surface area contributed by atoms with Crippen molar-refractivity contribution >= 4 is 11.9 Å². The van der Waals surface area contributed by atoms with Crippen LogP contribution in [0.2, 0.25) is 0 Å². The zero-order chi connectivity index (χ0) is 13.5. The summed E-state index contributed by atoms with van der Waals surface area (Å²) in [6, 6.07) is 0. The molecule has 0 aromatic carbocycles. The van der Waals surface area contributed by atoms with Gasteiger partial charge in [0.2, 0.25) is 5.91 Å². The lowest BCUT2D eigenvalue weighted by molar-refractivity contribution is -0.139. The number of carbonyl (C=O) groups excluding carboxylic acids is 2. The molecule has 0 spiro atoms. The van der Waals surface area contributed by atoms with E-state index in [4.69, 9.17) is 4.74 Å². The summed E-state index contributed by atoms with van der Waals surface area (Å²) >= 11 is 0. The van der Waals surface area contributed by atoms with Gasteiger partial charge >= 0.3 is 5.97 Å². The van der Waals surface area contributed by atoms with Crippen molar-refractivity contribution in [2.75, 3.05) is 6.61 Å². The molecule has 0 aromatic rings. The number of amides is 1. The molecule has 0 rings (SSSR count). The fourth-order valence-corrected chi connectivity index (χ4v) is 0.869. The van der Waals surface area contributed by atoms with Crippen molar-refractivity contribution in [3.8, 4) is 11.8 Å². The topological polar surface area (TPSA) is 55.4 Å². The van der Waals surface area contributed by atoms with E-state index in [1.54, 1.807) is 6.92 Å². The average molecular weight is 237 g/mol. The van der Waals surface area contributed by atoms with Crippen LogP contribution in [0.4, 0.5) is 0 Å². The summed E-state index contributed by atoms with van der Waals surface area (Å²) in [6.45, 7) is 9.14. The summed E-state index contributed by atoms with van der Waals surface area (Å²) in [7, 11) is 0. The summed E-state index contributed by atoms with van der Waals surface area (Å²) in [5.74, 6) is 4.77. The molecular weight excluding hydrogens is 218 g/mol. The first-order valence-corrected chi connectivity index (χ1v) is 5.44. The Kier molecular flexibility index (Phi) is 6.05. The van der Waals surface area contributed by atoms with Crippen LogP contribution in [0.25, 0.3) is 0 Å². The van der Waals surface area contributed by atoms with Gasteiger partial charge in [0.15, 0.2) is 0 Å². The maximum absolute atomic E-state index is 11.5. The minimum Gasteiger partial charge on any atom is -0.461 e. The van der Waals surface area contributed by atoms with Gasteiger partial charge in [0.1, 0.15) is 5.70 Å². The maximum atomic E-state index is 11.5. The van der Waals surface area contributed by atoms with Gasteiger partial charge < -0.3 is 10.1 Å². The van der Waals surface area contributed by atoms with E-state index >= 15 is 0 Å². The summed E-state index contributed by atoms with van der Waals surface area (Å²) in [5, 5.41) is 2.40. The van der Waals surface area contributed by atoms with Crippen LogP contribution in [0.1, 0.15) is 34.6 Å². The van der Waals surface area contributed by atoms with E-state index < -0.39 is 5.97 Å². The molecule has 17 heavy (non-hydrogen) atoms. The van der Waals surface area contributed by atoms with Crippen molar-refractivity contribution in [1.29, 1.82) is 0 Å². The highest BCUT2D eigenvalue weighted by atomic mass is 16.5. The van der Waals surface area contributed by atoms with E-state index in [2.05, 4.69) is 17.2 Å². The number of esters is 1. The van der Waals surface area contributed by atoms with Gasteiger partial charge in [-0.3, -0.25) is 4.79 Å². The third kappa shape index (κ3) is 8.09. The van der Waals surface area contributed by atoms with Gasteiger partial charge in [0, 0.05) is 18.4 Å². The number of nitrogens with one attached hydrogen (secondary N) is 1. The van der Waals surface area contributed by atoms with E-state index in [1.165, 1.54) is 13.0 Å². The highest BCUT2D eigenvalue weighted by Gasteiger charge is 2.11. The molecule has 1 N–H and O–H groups in total. The van der Waals surface area contributed by atoms with Crippen molar-refractivity contribution < 1.29 is 14.3 Å². The Bertz CT molecular complexity index is 378. The van der Waals surface area contributed by atoms with Crippen LogP contribution in [-0.4, -0.2) is 18.5 Å². The van der Waals surface area contributed by atoms with Gasteiger partial charge in [-0.05, 0) is 27.7 Å². The molecule has 0 aliphatic carbocycles. The second-order valence-corrected chi connectivity index (χ2v) is 4.48. The van der Waals surface area contributed by atoms with Crippen molar-refractivity contribution in [2.24, 2.45) is 5.41 Å². The molecule has 0 atom stereocenters. The highest BCUT2D eigenvalue weighted by molar-refractivity contribution is 5.93. The molecule has 0 aromatic heterocycles. The predicted octanol–water partition coefficient (Wildman–Crippen LogP) is 1.62. The molecule has 0 heterocycles.